The standard InChI is InChI=1S/C21H22FN3O4/c1-3-6-15-11-14(12-18(29-2)21(15)28)13-23-25-20(27)10-9-19(26)24-17-8-5-4-7-16(17)22/h3-5,7-8,11-13,28H,1,6,9-10H2,2H3,(H,24,26)(H,25,27). The monoisotopic (exact) mass is 399 g/mol. The normalized spacial score (nSPS) is 10.6. The smallest absolute Gasteiger partial charge is 0.240 e. The lowest BCUT2D eigenvalue weighted by Crippen LogP contribution is -2.21. The van der Waals surface area contributed by atoms with Crippen molar-refractivity contribution in [1.82, 2.24) is 5.43 Å². The molecule has 2 aromatic rings. The number of carbonyl (C=O) groups is 2. The number of hydrogen-bond donors (Lipinski definition) is 3. The highest BCUT2D eigenvalue weighted by molar-refractivity contribution is 5.93. The summed E-state index contributed by atoms with van der Waals surface area (Å²) in [5.41, 5.74) is 3.59. The quantitative estimate of drug-likeness (QED) is 0.343. The van der Waals surface area contributed by atoms with Crippen LogP contribution in [0.2, 0.25) is 0 Å². The third-order valence-electron chi connectivity index (χ3n) is 3.89. The molecule has 2 aromatic carbocycles. The van der Waals surface area contributed by atoms with E-state index in [1.807, 2.05) is 0 Å². The van der Waals surface area contributed by atoms with Gasteiger partial charge in [-0.1, -0.05) is 18.2 Å². The van der Waals surface area contributed by atoms with Gasteiger partial charge in [0, 0.05) is 18.4 Å². The lowest BCUT2D eigenvalue weighted by atomic mass is 10.1. The number of nitrogens with zero attached hydrogens (tertiary/aromatic N) is 1. The van der Waals surface area contributed by atoms with E-state index in [4.69, 9.17) is 4.74 Å². The Morgan fingerprint density at radius 2 is 1.97 bits per heavy atom. The van der Waals surface area contributed by atoms with Crippen LogP contribution < -0.4 is 15.5 Å². The molecule has 3 N–H and O–H groups in total. The minimum Gasteiger partial charge on any atom is -0.504 e. The molecule has 0 atom stereocenters. The van der Waals surface area contributed by atoms with E-state index in [9.17, 15) is 19.1 Å². The fraction of sp³-hybridized carbons (Fsp3) is 0.190. The number of carbonyl (C=O) groups excluding carboxylic acids is 2. The number of rotatable bonds is 9. The summed E-state index contributed by atoms with van der Waals surface area (Å²) in [6, 6.07) is 9.04. The molecule has 152 valence electrons. The van der Waals surface area contributed by atoms with Crippen molar-refractivity contribution in [3.8, 4) is 11.5 Å². The molecule has 0 aromatic heterocycles. The summed E-state index contributed by atoms with van der Waals surface area (Å²) in [5, 5.41) is 16.3. The van der Waals surface area contributed by atoms with Crippen LogP contribution in [0.1, 0.15) is 24.0 Å². The average molecular weight is 399 g/mol. The van der Waals surface area contributed by atoms with Crippen molar-refractivity contribution in [3.05, 3.63) is 66.0 Å². The second kappa shape index (κ2) is 10.6. The van der Waals surface area contributed by atoms with Gasteiger partial charge in [0.25, 0.3) is 0 Å². The van der Waals surface area contributed by atoms with Gasteiger partial charge in [-0.05, 0) is 36.2 Å². The molecular formula is C21H22FN3O4. The van der Waals surface area contributed by atoms with Gasteiger partial charge in [0.15, 0.2) is 11.5 Å². The fourth-order valence-electron chi connectivity index (χ4n) is 2.47. The minimum atomic E-state index is -0.546. The number of amides is 2. The Kier molecular flexibility index (Phi) is 7.90. The Morgan fingerprint density at radius 3 is 2.66 bits per heavy atom. The number of allylic oxidation sites excluding steroid dienone is 1. The minimum absolute atomic E-state index is 0.0226. The number of hydrazone groups is 1. The number of halogens is 1. The summed E-state index contributed by atoms with van der Waals surface area (Å²) >= 11 is 0. The first-order valence-corrected chi connectivity index (χ1v) is 8.81. The first-order chi connectivity index (χ1) is 13.9. The Balaban J connectivity index is 1.88. The molecule has 0 aliphatic carbocycles. The SMILES string of the molecule is C=CCc1cc(C=NNC(=O)CCC(=O)Nc2ccccc2F)cc(OC)c1O. The van der Waals surface area contributed by atoms with E-state index in [2.05, 4.69) is 22.4 Å². The van der Waals surface area contributed by atoms with E-state index in [0.29, 0.717) is 17.5 Å². The number of phenolic OH excluding ortho intramolecular Hbond substituents is 1. The molecular weight excluding hydrogens is 377 g/mol. The highest BCUT2D eigenvalue weighted by Gasteiger charge is 2.10. The zero-order valence-electron chi connectivity index (χ0n) is 15.9. The van der Waals surface area contributed by atoms with Crippen LogP contribution in [0.5, 0.6) is 11.5 Å². The Hall–Kier alpha value is -3.68. The molecule has 8 heteroatoms. The average Bonchev–Trinajstić information content (AvgIpc) is 2.70. The summed E-state index contributed by atoms with van der Waals surface area (Å²) in [5.74, 6) is -1.19. The Morgan fingerprint density at radius 1 is 1.24 bits per heavy atom. The topological polar surface area (TPSA) is 100 Å². The van der Waals surface area contributed by atoms with Crippen LogP contribution in [0.4, 0.5) is 10.1 Å². The zero-order chi connectivity index (χ0) is 21.2. The van der Waals surface area contributed by atoms with Crippen molar-refractivity contribution in [1.29, 1.82) is 0 Å². The van der Waals surface area contributed by atoms with Crippen molar-refractivity contribution in [3.63, 3.8) is 0 Å². The molecule has 0 saturated heterocycles. The molecule has 7 nitrogen and oxygen atoms in total. The summed E-state index contributed by atoms with van der Waals surface area (Å²) in [6.07, 6.45) is 3.24. The number of phenols is 1. The molecule has 0 bridgehead atoms. The predicted molar refractivity (Wildman–Crippen MR) is 109 cm³/mol. The highest BCUT2D eigenvalue weighted by atomic mass is 19.1. The van der Waals surface area contributed by atoms with Crippen molar-refractivity contribution in [2.75, 3.05) is 12.4 Å². The highest BCUT2D eigenvalue weighted by Crippen LogP contribution is 2.31. The van der Waals surface area contributed by atoms with E-state index in [0.717, 1.165) is 0 Å². The molecule has 0 unspecified atom stereocenters. The number of aromatic hydroxyl groups is 1. The van der Waals surface area contributed by atoms with Crippen molar-refractivity contribution in [2.45, 2.75) is 19.3 Å². The van der Waals surface area contributed by atoms with Gasteiger partial charge in [-0.3, -0.25) is 9.59 Å². The summed E-state index contributed by atoms with van der Waals surface area (Å²) in [7, 11) is 1.43. The van der Waals surface area contributed by atoms with Crippen LogP contribution in [0.3, 0.4) is 0 Å². The zero-order valence-corrected chi connectivity index (χ0v) is 15.9. The van der Waals surface area contributed by atoms with Crippen molar-refractivity contribution in [2.24, 2.45) is 5.10 Å². The van der Waals surface area contributed by atoms with Crippen LogP contribution in [0.15, 0.2) is 54.2 Å². The van der Waals surface area contributed by atoms with Gasteiger partial charge in [-0.25, -0.2) is 9.82 Å². The van der Waals surface area contributed by atoms with Crippen molar-refractivity contribution < 1.29 is 23.8 Å². The maximum atomic E-state index is 13.5. The summed E-state index contributed by atoms with van der Waals surface area (Å²) < 4.78 is 18.6. The maximum Gasteiger partial charge on any atom is 0.240 e. The second-order valence-corrected chi connectivity index (χ2v) is 6.04. The molecule has 29 heavy (non-hydrogen) atoms. The van der Waals surface area contributed by atoms with E-state index in [-0.39, 0.29) is 30.0 Å². The first-order valence-electron chi connectivity index (χ1n) is 8.81. The second-order valence-electron chi connectivity index (χ2n) is 6.04. The van der Waals surface area contributed by atoms with Gasteiger partial charge >= 0.3 is 0 Å². The number of nitrogens with one attached hydrogen (secondary N) is 2. The van der Waals surface area contributed by atoms with Crippen LogP contribution in [0.25, 0.3) is 0 Å². The summed E-state index contributed by atoms with van der Waals surface area (Å²) in [4.78, 5) is 23.7. The molecule has 2 amide bonds. The van der Waals surface area contributed by atoms with Gasteiger partial charge in [-0.15, -0.1) is 6.58 Å². The number of anilines is 1. The molecule has 0 aliphatic rings. The number of benzene rings is 2. The Bertz CT molecular complexity index is 928. The number of hydrogen-bond acceptors (Lipinski definition) is 5. The number of para-hydroxylation sites is 1. The first kappa shape index (κ1) is 21.6. The fourth-order valence-corrected chi connectivity index (χ4v) is 2.47. The van der Waals surface area contributed by atoms with Crippen molar-refractivity contribution >= 4 is 23.7 Å². The molecule has 0 fully saturated rings. The predicted octanol–water partition coefficient (Wildman–Crippen LogP) is 3.14. The number of methoxy groups -OCH3 is 1. The molecule has 0 aliphatic heterocycles. The molecule has 0 heterocycles. The van der Waals surface area contributed by atoms with Gasteiger partial charge < -0.3 is 15.2 Å². The van der Waals surface area contributed by atoms with E-state index in [1.54, 1.807) is 24.3 Å². The summed E-state index contributed by atoms with van der Waals surface area (Å²) in [6.45, 7) is 3.64. The molecule has 0 radical (unpaired) electrons. The maximum absolute atomic E-state index is 13.5. The van der Waals surface area contributed by atoms with E-state index in [1.165, 1.54) is 31.5 Å². The van der Waals surface area contributed by atoms with Gasteiger partial charge in [-0.2, -0.15) is 5.10 Å². The third-order valence-corrected chi connectivity index (χ3v) is 3.89. The van der Waals surface area contributed by atoms with Gasteiger partial charge in [0.1, 0.15) is 5.82 Å². The van der Waals surface area contributed by atoms with Gasteiger partial charge in [0.05, 0.1) is 19.0 Å². The molecule has 2 rings (SSSR count). The van der Waals surface area contributed by atoms with Crippen LogP contribution in [-0.2, 0) is 16.0 Å². The van der Waals surface area contributed by atoms with E-state index < -0.39 is 17.6 Å². The van der Waals surface area contributed by atoms with Gasteiger partial charge in [0.2, 0.25) is 11.8 Å². The van der Waals surface area contributed by atoms with E-state index >= 15 is 0 Å². The lowest BCUT2D eigenvalue weighted by molar-refractivity contribution is -0.124. The third kappa shape index (κ3) is 6.46. The van der Waals surface area contributed by atoms with Crippen LogP contribution in [-0.4, -0.2) is 30.2 Å². The lowest BCUT2D eigenvalue weighted by Gasteiger charge is -2.09. The number of ether oxygens (including phenoxy) is 1. The van der Waals surface area contributed by atoms with Crippen LogP contribution >= 0.6 is 0 Å². The van der Waals surface area contributed by atoms with Crippen LogP contribution in [0, 0.1) is 5.82 Å². The largest absolute Gasteiger partial charge is 0.504 e. The molecule has 0 spiro atoms. The molecule has 0 saturated carbocycles. The Labute approximate surface area is 167 Å².